The number of hydrogen-bond acceptors (Lipinski definition) is 7. The van der Waals surface area contributed by atoms with E-state index in [1.54, 1.807) is 4.90 Å². The number of nitrogens with zero attached hydrogens (tertiary/aromatic N) is 1. The third-order valence-corrected chi connectivity index (χ3v) is 7.78. The summed E-state index contributed by atoms with van der Waals surface area (Å²) in [6.07, 6.45) is 5.83. The van der Waals surface area contributed by atoms with Crippen LogP contribution in [0.25, 0.3) is 0 Å². The van der Waals surface area contributed by atoms with E-state index in [9.17, 15) is 24.3 Å². The molecule has 3 amide bonds. The Kier molecular flexibility index (Phi) is 11.3. The lowest BCUT2D eigenvalue weighted by Gasteiger charge is -2.38. The molecule has 3 rings (SSSR count). The van der Waals surface area contributed by atoms with Crippen molar-refractivity contribution in [1.29, 1.82) is 0 Å². The largest absolute Gasteiger partial charge is 0.480 e. The summed E-state index contributed by atoms with van der Waals surface area (Å²) in [5, 5.41) is 15.1. The maximum absolute atomic E-state index is 13.5. The Hall–Kier alpha value is -3.02. The first kappa shape index (κ1) is 30.5. The zero-order valence-electron chi connectivity index (χ0n) is 22.6. The highest BCUT2D eigenvalue weighted by molar-refractivity contribution is 5.93. The Balaban J connectivity index is 1.65. The molecule has 1 aromatic carbocycles. The van der Waals surface area contributed by atoms with Crippen molar-refractivity contribution in [3.05, 3.63) is 35.9 Å². The third kappa shape index (κ3) is 9.29. The van der Waals surface area contributed by atoms with Crippen LogP contribution in [-0.2, 0) is 25.6 Å². The smallest absolute Gasteiger partial charge is 0.323 e. The van der Waals surface area contributed by atoms with Crippen LogP contribution in [0.15, 0.2) is 30.3 Å². The Bertz CT molecular complexity index is 978. The van der Waals surface area contributed by atoms with E-state index in [2.05, 4.69) is 10.6 Å². The second-order valence-electron chi connectivity index (χ2n) is 11.0. The number of carbonyl (C=O) groups excluding carboxylic acids is 3. The number of aliphatic carboxylic acids is 1. The van der Waals surface area contributed by atoms with Gasteiger partial charge in [0.25, 0.3) is 0 Å². The number of carboxylic acid groups (broad SMARTS) is 1. The number of hydrogen-bond donors (Lipinski definition) is 6. The molecule has 3 atom stereocenters. The van der Waals surface area contributed by atoms with E-state index in [0.29, 0.717) is 44.6 Å². The predicted molar refractivity (Wildman–Crippen MR) is 147 cm³/mol. The summed E-state index contributed by atoms with van der Waals surface area (Å²) in [7, 11) is 0. The van der Waals surface area contributed by atoms with Gasteiger partial charge in [0.1, 0.15) is 17.6 Å². The van der Waals surface area contributed by atoms with Crippen molar-refractivity contribution in [2.24, 2.45) is 23.1 Å². The Morgan fingerprint density at radius 2 is 1.62 bits per heavy atom. The molecule has 2 fully saturated rings. The molecule has 11 nitrogen and oxygen atoms in total. The summed E-state index contributed by atoms with van der Waals surface area (Å²) in [6, 6.07) is 7.01. The van der Waals surface area contributed by atoms with Gasteiger partial charge in [0.05, 0.1) is 6.04 Å². The lowest BCUT2D eigenvalue weighted by atomic mass is 9.88. The minimum Gasteiger partial charge on any atom is -0.480 e. The van der Waals surface area contributed by atoms with Crippen LogP contribution in [0.4, 0.5) is 0 Å². The number of unbranched alkanes of at least 4 members (excludes halogenated alkanes) is 1. The molecule has 0 radical (unpaired) electrons. The zero-order chi connectivity index (χ0) is 28.4. The van der Waals surface area contributed by atoms with E-state index in [0.717, 1.165) is 24.8 Å². The van der Waals surface area contributed by atoms with E-state index in [-0.39, 0.29) is 31.8 Å². The Morgan fingerprint density at radius 1 is 0.974 bits per heavy atom. The van der Waals surface area contributed by atoms with E-state index >= 15 is 0 Å². The molecule has 1 aliphatic carbocycles. The number of nitrogens with one attached hydrogen (secondary N) is 2. The van der Waals surface area contributed by atoms with Crippen LogP contribution in [0.3, 0.4) is 0 Å². The van der Waals surface area contributed by atoms with Gasteiger partial charge >= 0.3 is 5.97 Å². The molecule has 0 bridgehead atoms. The van der Waals surface area contributed by atoms with Crippen molar-refractivity contribution in [1.82, 2.24) is 15.5 Å². The molecule has 39 heavy (non-hydrogen) atoms. The molecule has 1 unspecified atom stereocenters. The molecular weight excluding hydrogens is 500 g/mol. The number of rotatable bonds is 15. The molecule has 1 saturated heterocycles. The molecule has 1 aromatic rings. The maximum atomic E-state index is 13.5. The molecule has 0 spiro atoms. The highest BCUT2D eigenvalue weighted by Gasteiger charge is 2.40. The van der Waals surface area contributed by atoms with Crippen molar-refractivity contribution >= 4 is 23.7 Å². The van der Waals surface area contributed by atoms with Gasteiger partial charge in [-0.1, -0.05) is 43.2 Å². The van der Waals surface area contributed by atoms with Crippen LogP contribution >= 0.6 is 0 Å². The van der Waals surface area contributed by atoms with Crippen LogP contribution in [0, 0.1) is 5.92 Å². The summed E-state index contributed by atoms with van der Waals surface area (Å²) >= 11 is 0. The van der Waals surface area contributed by atoms with Crippen molar-refractivity contribution in [3.8, 4) is 0 Å². The average Bonchev–Trinajstić information content (AvgIpc) is 3.75. The lowest BCUT2D eigenvalue weighted by Crippen LogP contribution is -2.60. The van der Waals surface area contributed by atoms with Gasteiger partial charge in [-0.2, -0.15) is 0 Å². The molecule has 1 aliphatic heterocycles. The first-order valence-electron chi connectivity index (χ1n) is 14.0. The number of nitrogens with two attached hydrogens (primary N) is 3. The van der Waals surface area contributed by atoms with Gasteiger partial charge < -0.3 is 37.8 Å². The van der Waals surface area contributed by atoms with E-state index in [1.165, 1.54) is 0 Å². The third-order valence-electron chi connectivity index (χ3n) is 7.78. The van der Waals surface area contributed by atoms with Crippen LogP contribution in [-0.4, -0.2) is 77.0 Å². The van der Waals surface area contributed by atoms with E-state index < -0.39 is 41.4 Å². The van der Waals surface area contributed by atoms with Gasteiger partial charge in [-0.05, 0) is 69.4 Å². The van der Waals surface area contributed by atoms with Gasteiger partial charge in [0.15, 0.2) is 0 Å². The lowest BCUT2D eigenvalue weighted by molar-refractivity contribution is -0.148. The predicted octanol–water partition coefficient (Wildman–Crippen LogP) is 0.250. The fourth-order valence-electron chi connectivity index (χ4n) is 4.90. The van der Waals surface area contributed by atoms with Gasteiger partial charge in [-0.3, -0.25) is 19.2 Å². The number of carbonyl (C=O) groups is 4. The van der Waals surface area contributed by atoms with Crippen LogP contribution in [0.5, 0.6) is 0 Å². The maximum Gasteiger partial charge on any atom is 0.323 e. The molecule has 1 heterocycles. The van der Waals surface area contributed by atoms with Crippen molar-refractivity contribution < 1.29 is 24.3 Å². The summed E-state index contributed by atoms with van der Waals surface area (Å²) in [5.41, 5.74) is 17.4. The van der Waals surface area contributed by atoms with Crippen LogP contribution < -0.4 is 27.8 Å². The topological polar surface area (TPSA) is 194 Å². The minimum absolute atomic E-state index is 0.136. The fourth-order valence-corrected chi connectivity index (χ4v) is 4.90. The summed E-state index contributed by atoms with van der Waals surface area (Å²) < 4.78 is 0. The normalized spacial score (nSPS) is 19.0. The number of piperidine rings is 1. The number of amides is 3. The average molecular weight is 545 g/mol. The molecule has 216 valence electrons. The number of likely N-dealkylation sites (tertiary alicyclic amines) is 1. The second-order valence-corrected chi connectivity index (χ2v) is 11.0. The van der Waals surface area contributed by atoms with E-state index in [1.807, 2.05) is 30.3 Å². The SMILES string of the molecule is NCCCC[C@@H](NC(=O)C(CCC1CC1)NC(=O)[C@H](N)Cc1ccccc1)C(=O)N1CCC(N)(C(=O)O)CC1. The highest BCUT2D eigenvalue weighted by atomic mass is 16.4. The fraction of sp³-hybridized carbons (Fsp3) is 0.643. The number of carboxylic acids is 1. The molecule has 0 aromatic heterocycles. The molecular formula is C28H44N6O5. The zero-order valence-corrected chi connectivity index (χ0v) is 22.6. The molecule has 11 heteroatoms. The first-order chi connectivity index (χ1) is 18.6. The van der Waals surface area contributed by atoms with Gasteiger partial charge in [0, 0.05) is 13.1 Å². The van der Waals surface area contributed by atoms with Crippen molar-refractivity contribution in [2.45, 2.75) is 87.9 Å². The Labute approximate surface area is 230 Å². The van der Waals surface area contributed by atoms with Crippen LogP contribution in [0.1, 0.15) is 63.4 Å². The second kappa shape index (κ2) is 14.4. The van der Waals surface area contributed by atoms with Crippen molar-refractivity contribution in [2.75, 3.05) is 19.6 Å². The first-order valence-corrected chi connectivity index (χ1v) is 14.0. The Morgan fingerprint density at radius 3 is 2.21 bits per heavy atom. The van der Waals surface area contributed by atoms with Crippen molar-refractivity contribution in [3.63, 3.8) is 0 Å². The van der Waals surface area contributed by atoms with Gasteiger partial charge in [0.2, 0.25) is 17.7 Å². The molecule has 1 saturated carbocycles. The highest BCUT2D eigenvalue weighted by Crippen LogP contribution is 2.34. The van der Waals surface area contributed by atoms with Crippen LogP contribution in [0.2, 0.25) is 0 Å². The quantitative estimate of drug-likeness (QED) is 0.169. The number of benzene rings is 1. The van der Waals surface area contributed by atoms with Gasteiger partial charge in [-0.25, -0.2) is 0 Å². The molecule has 2 aliphatic rings. The summed E-state index contributed by atoms with van der Waals surface area (Å²) in [5.74, 6) is -1.64. The van der Waals surface area contributed by atoms with Gasteiger partial charge in [-0.15, -0.1) is 0 Å². The summed E-state index contributed by atoms with van der Waals surface area (Å²) in [4.78, 5) is 52.9. The molecule has 9 N–H and O–H groups in total. The summed E-state index contributed by atoms with van der Waals surface area (Å²) in [6.45, 7) is 0.856. The minimum atomic E-state index is -1.36. The standard InChI is InChI=1S/C28H44N6O5/c29-15-5-4-8-23(26(37)34-16-13-28(31,14-17-34)27(38)39)33-25(36)22(12-11-19-9-10-19)32-24(35)21(30)18-20-6-2-1-3-7-20/h1-3,6-7,19,21-23H,4-5,8-18,29-31H2,(H,32,35)(H,33,36)(H,38,39)/t21-,22?,23-/m1/s1. The van der Waals surface area contributed by atoms with E-state index in [4.69, 9.17) is 17.2 Å². The monoisotopic (exact) mass is 544 g/mol.